The number of hydrogen-bond acceptors (Lipinski definition) is 4. The van der Waals surface area contributed by atoms with E-state index in [0.29, 0.717) is 18.0 Å². The van der Waals surface area contributed by atoms with E-state index in [0.717, 1.165) is 38.4 Å². The van der Waals surface area contributed by atoms with Crippen LogP contribution in [0.15, 0.2) is 6.33 Å². The lowest BCUT2D eigenvalue weighted by Gasteiger charge is -2.42. The van der Waals surface area contributed by atoms with Crippen molar-refractivity contribution in [1.82, 2.24) is 25.0 Å². The van der Waals surface area contributed by atoms with Crippen molar-refractivity contribution < 1.29 is 0 Å². The van der Waals surface area contributed by atoms with Crippen molar-refractivity contribution in [1.29, 1.82) is 0 Å². The highest BCUT2D eigenvalue weighted by atomic mass is 15.4. The Balaban J connectivity index is 2.06. The zero-order valence-electron chi connectivity index (χ0n) is 14.0. The zero-order chi connectivity index (χ0) is 15.2. The molecule has 1 aromatic heterocycles. The van der Waals surface area contributed by atoms with E-state index in [-0.39, 0.29) is 0 Å². The fourth-order valence-electron chi connectivity index (χ4n) is 3.27. The van der Waals surface area contributed by atoms with Crippen LogP contribution in [0.2, 0.25) is 0 Å². The van der Waals surface area contributed by atoms with Crippen LogP contribution in [0.1, 0.15) is 52.8 Å². The summed E-state index contributed by atoms with van der Waals surface area (Å²) in [5.74, 6) is 1.77. The van der Waals surface area contributed by atoms with Gasteiger partial charge in [0.05, 0.1) is 6.54 Å². The Bertz CT molecular complexity index is 415. The minimum atomic E-state index is 0.588. The summed E-state index contributed by atoms with van der Waals surface area (Å²) in [6, 6.07) is 1.21. The molecule has 5 heteroatoms. The molecule has 1 aromatic rings. The van der Waals surface area contributed by atoms with E-state index in [1.807, 2.05) is 0 Å². The maximum absolute atomic E-state index is 4.48. The fourth-order valence-corrected chi connectivity index (χ4v) is 3.27. The van der Waals surface area contributed by atoms with Gasteiger partial charge in [-0.3, -0.25) is 4.90 Å². The Hall–Kier alpha value is -0.940. The van der Waals surface area contributed by atoms with Gasteiger partial charge in [0.15, 0.2) is 0 Å². The van der Waals surface area contributed by atoms with Crippen LogP contribution in [0.5, 0.6) is 0 Å². The minimum absolute atomic E-state index is 0.588. The van der Waals surface area contributed by atoms with E-state index in [9.17, 15) is 0 Å². The molecular weight excluding hydrogens is 262 g/mol. The van der Waals surface area contributed by atoms with Gasteiger partial charge in [-0.25, -0.2) is 9.67 Å². The van der Waals surface area contributed by atoms with Crippen LogP contribution in [0.25, 0.3) is 0 Å². The Morgan fingerprint density at radius 2 is 2.14 bits per heavy atom. The molecule has 0 aromatic carbocycles. The van der Waals surface area contributed by atoms with Gasteiger partial charge in [0.2, 0.25) is 0 Å². The molecular formula is C16H31N5. The van der Waals surface area contributed by atoms with Crippen molar-refractivity contribution in [3.63, 3.8) is 0 Å². The van der Waals surface area contributed by atoms with Crippen LogP contribution in [0.3, 0.4) is 0 Å². The summed E-state index contributed by atoms with van der Waals surface area (Å²) in [5.41, 5.74) is 0. The number of aromatic nitrogens is 3. The molecule has 5 nitrogen and oxygen atoms in total. The molecule has 2 atom stereocenters. The summed E-state index contributed by atoms with van der Waals surface area (Å²) in [7, 11) is 0. The van der Waals surface area contributed by atoms with Gasteiger partial charge in [0.1, 0.15) is 12.2 Å². The highest BCUT2D eigenvalue weighted by molar-refractivity contribution is 4.92. The second-order valence-corrected chi connectivity index (χ2v) is 6.53. The Morgan fingerprint density at radius 1 is 1.33 bits per heavy atom. The lowest BCUT2D eigenvalue weighted by Crippen LogP contribution is -2.57. The number of hydrogen-bond donors (Lipinski definition) is 1. The molecule has 1 aliphatic rings. The predicted octanol–water partition coefficient (Wildman–Crippen LogP) is 2.29. The largest absolute Gasteiger partial charge is 0.311 e. The Kier molecular flexibility index (Phi) is 6.18. The molecule has 1 aliphatic heterocycles. The number of nitrogens with zero attached hydrogens (tertiary/aromatic N) is 4. The molecule has 1 saturated heterocycles. The van der Waals surface area contributed by atoms with Gasteiger partial charge in [-0.15, -0.1) is 0 Å². The monoisotopic (exact) mass is 293 g/mol. The average Bonchev–Trinajstić information content (AvgIpc) is 2.87. The number of aryl methyl sites for hydroxylation is 1. The number of rotatable bonds is 7. The molecule has 0 bridgehead atoms. The first-order chi connectivity index (χ1) is 10.2. The SMILES string of the molecule is CCCC1CN(Cc2ncnn2CCC)C(C(C)C)CN1. The molecule has 2 heterocycles. The van der Waals surface area contributed by atoms with Crippen molar-refractivity contribution in [2.45, 2.75) is 72.1 Å². The summed E-state index contributed by atoms with van der Waals surface area (Å²) < 4.78 is 2.06. The maximum Gasteiger partial charge on any atom is 0.141 e. The maximum atomic E-state index is 4.48. The third kappa shape index (κ3) is 4.27. The third-order valence-corrected chi connectivity index (χ3v) is 4.42. The smallest absolute Gasteiger partial charge is 0.141 e. The molecule has 2 unspecified atom stereocenters. The van der Waals surface area contributed by atoms with Crippen LogP contribution in [0.4, 0.5) is 0 Å². The summed E-state index contributed by atoms with van der Waals surface area (Å²) in [6.07, 6.45) is 5.29. The van der Waals surface area contributed by atoms with Gasteiger partial charge in [0.25, 0.3) is 0 Å². The molecule has 0 spiro atoms. The second kappa shape index (κ2) is 7.90. The minimum Gasteiger partial charge on any atom is -0.311 e. The summed E-state index contributed by atoms with van der Waals surface area (Å²) in [4.78, 5) is 7.09. The first-order valence-corrected chi connectivity index (χ1v) is 8.49. The van der Waals surface area contributed by atoms with Gasteiger partial charge in [-0.05, 0) is 18.8 Å². The molecule has 21 heavy (non-hydrogen) atoms. The number of nitrogens with one attached hydrogen (secondary N) is 1. The average molecular weight is 293 g/mol. The van der Waals surface area contributed by atoms with Crippen molar-refractivity contribution >= 4 is 0 Å². The van der Waals surface area contributed by atoms with Crippen LogP contribution < -0.4 is 5.32 Å². The second-order valence-electron chi connectivity index (χ2n) is 6.53. The lowest BCUT2D eigenvalue weighted by atomic mass is 9.97. The van der Waals surface area contributed by atoms with E-state index in [4.69, 9.17) is 0 Å². The summed E-state index contributed by atoms with van der Waals surface area (Å²) in [5, 5.41) is 8.08. The molecule has 1 fully saturated rings. The van der Waals surface area contributed by atoms with Gasteiger partial charge in [-0.1, -0.05) is 34.1 Å². The predicted molar refractivity (Wildman–Crippen MR) is 86.0 cm³/mol. The van der Waals surface area contributed by atoms with Gasteiger partial charge in [-0.2, -0.15) is 5.10 Å². The molecule has 120 valence electrons. The normalized spacial score (nSPS) is 23.9. The lowest BCUT2D eigenvalue weighted by molar-refractivity contribution is 0.0844. The first-order valence-electron chi connectivity index (χ1n) is 8.49. The zero-order valence-corrected chi connectivity index (χ0v) is 14.0. The van der Waals surface area contributed by atoms with Gasteiger partial charge >= 0.3 is 0 Å². The van der Waals surface area contributed by atoms with Crippen LogP contribution >= 0.6 is 0 Å². The topological polar surface area (TPSA) is 46.0 Å². The van der Waals surface area contributed by atoms with E-state index in [1.165, 1.54) is 12.8 Å². The standard InChI is InChI=1S/C16H31N5/c1-5-7-14-10-20(15(9-17-14)13(3)4)11-16-18-12-19-21(16)8-6-2/h12-15,17H,5-11H2,1-4H3. The van der Waals surface area contributed by atoms with E-state index < -0.39 is 0 Å². The Morgan fingerprint density at radius 3 is 2.81 bits per heavy atom. The molecule has 2 rings (SSSR count). The third-order valence-electron chi connectivity index (χ3n) is 4.42. The van der Waals surface area contributed by atoms with Gasteiger partial charge in [0, 0.05) is 31.7 Å². The van der Waals surface area contributed by atoms with E-state index >= 15 is 0 Å². The molecule has 0 aliphatic carbocycles. The van der Waals surface area contributed by atoms with Crippen LogP contribution in [0, 0.1) is 5.92 Å². The fraction of sp³-hybridized carbons (Fsp3) is 0.875. The van der Waals surface area contributed by atoms with Crippen molar-refractivity contribution in [2.24, 2.45) is 5.92 Å². The van der Waals surface area contributed by atoms with Gasteiger partial charge < -0.3 is 5.32 Å². The Labute approximate surface area is 129 Å². The van der Waals surface area contributed by atoms with E-state index in [1.54, 1.807) is 6.33 Å². The van der Waals surface area contributed by atoms with E-state index in [2.05, 4.69) is 52.7 Å². The quantitative estimate of drug-likeness (QED) is 0.838. The first kappa shape index (κ1) is 16.4. The van der Waals surface area contributed by atoms with Crippen molar-refractivity contribution in [2.75, 3.05) is 13.1 Å². The number of piperazine rings is 1. The molecule has 0 amide bonds. The molecule has 1 N–H and O–H groups in total. The van der Waals surface area contributed by atoms with Crippen LogP contribution in [-0.2, 0) is 13.1 Å². The molecule has 0 radical (unpaired) electrons. The van der Waals surface area contributed by atoms with Crippen molar-refractivity contribution in [3.8, 4) is 0 Å². The summed E-state index contributed by atoms with van der Waals surface area (Å²) >= 11 is 0. The van der Waals surface area contributed by atoms with Crippen molar-refractivity contribution in [3.05, 3.63) is 12.2 Å². The summed E-state index contributed by atoms with van der Waals surface area (Å²) in [6.45, 7) is 13.2. The highest BCUT2D eigenvalue weighted by Crippen LogP contribution is 2.19. The van der Waals surface area contributed by atoms with Crippen LogP contribution in [-0.4, -0.2) is 44.8 Å². The molecule has 0 saturated carbocycles. The highest BCUT2D eigenvalue weighted by Gasteiger charge is 2.30.